The summed E-state index contributed by atoms with van der Waals surface area (Å²) in [7, 11) is 0. The van der Waals surface area contributed by atoms with E-state index >= 15 is 0 Å². The summed E-state index contributed by atoms with van der Waals surface area (Å²) < 4.78 is 0. The summed E-state index contributed by atoms with van der Waals surface area (Å²) in [6.45, 7) is 1.52. The van der Waals surface area contributed by atoms with Gasteiger partial charge in [0, 0.05) is 12.5 Å². The topological polar surface area (TPSA) is 55.1 Å². The number of nitrogens with two attached hydrogens (primary N) is 1. The first-order chi connectivity index (χ1) is 6.76. The Morgan fingerprint density at radius 3 is 2.43 bits per heavy atom. The van der Waals surface area contributed by atoms with E-state index in [1.807, 2.05) is 0 Å². The molecule has 0 spiro atoms. The van der Waals surface area contributed by atoms with Gasteiger partial charge in [0.25, 0.3) is 0 Å². The molecule has 2 saturated carbocycles. The van der Waals surface area contributed by atoms with Crippen LogP contribution in [-0.4, -0.2) is 19.0 Å². The molecule has 80 valence electrons. The van der Waals surface area contributed by atoms with E-state index in [1.54, 1.807) is 0 Å². The van der Waals surface area contributed by atoms with E-state index in [2.05, 4.69) is 5.32 Å². The zero-order valence-electron chi connectivity index (χ0n) is 8.72. The molecule has 14 heavy (non-hydrogen) atoms. The highest BCUT2D eigenvalue weighted by atomic mass is 16.1. The smallest absolute Gasteiger partial charge is 0.223 e. The fraction of sp³-hybridized carbons (Fsp3) is 0.909. The molecule has 1 amide bonds. The molecular formula is C11H20N2O. The predicted octanol–water partition coefficient (Wildman–Crippen LogP) is 1.03. The molecule has 0 bridgehead atoms. The minimum Gasteiger partial charge on any atom is -0.355 e. The lowest BCUT2D eigenvalue weighted by Crippen LogP contribution is -2.48. The molecule has 0 atom stereocenters. The second kappa shape index (κ2) is 3.89. The van der Waals surface area contributed by atoms with Crippen molar-refractivity contribution in [3.8, 4) is 0 Å². The van der Waals surface area contributed by atoms with Crippen molar-refractivity contribution >= 4 is 5.91 Å². The summed E-state index contributed by atoms with van der Waals surface area (Å²) in [4.78, 5) is 11.6. The average Bonchev–Trinajstić information content (AvgIpc) is 2.00. The van der Waals surface area contributed by atoms with E-state index in [9.17, 15) is 4.79 Å². The van der Waals surface area contributed by atoms with Gasteiger partial charge >= 0.3 is 0 Å². The maximum absolute atomic E-state index is 11.6. The highest BCUT2D eigenvalue weighted by Gasteiger charge is 2.36. The average molecular weight is 196 g/mol. The van der Waals surface area contributed by atoms with Crippen molar-refractivity contribution in [2.24, 2.45) is 17.1 Å². The highest BCUT2D eigenvalue weighted by molar-refractivity contribution is 5.79. The van der Waals surface area contributed by atoms with Crippen molar-refractivity contribution in [2.75, 3.05) is 13.1 Å². The molecule has 2 rings (SSSR count). The zero-order chi connectivity index (χ0) is 10.0. The monoisotopic (exact) mass is 196 g/mol. The number of carbonyl (C=O) groups excluding carboxylic acids is 1. The quantitative estimate of drug-likeness (QED) is 0.705. The van der Waals surface area contributed by atoms with Gasteiger partial charge in [0.2, 0.25) is 5.91 Å². The van der Waals surface area contributed by atoms with Crippen LogP contribution in [0.5, 0.6) is 0 Å². The molecule has 2 fully saturated rings. The predicted molar refractivity (Wildman–Crippen MR) is 55.7 cm³/mol. The van der Waals surface area contributed by atoms with Crippen LogP contribution in [0.1, 0.15) is 38.5 Å². The molecule has 3 nitrogen and oxygen atoms in total. The molecule has 3 N–H and O–H groups in total. The molecule has 0 radical (unpaired) electrons. The van der Waals surface area contributed by atoms with Crippen LogP contribution in [0.2, 0.25) is 0 Å². The lowest BCUT2D eigenvalue weighted by molar-refractivity contribution is -0.128. The van der Waals surface area contributed by atoms with Crippen LogP contribution in [0.4, 0.5) is 0 Å². The molecule has 0 saturated heterocycles. The van der Waals surface area contributed by atoms with Crippen molar-refractivity contribution < 1.29 is 4.79 Å². The van der Waals surface area contributed by atoms with Gasteiger partial charge in [0.05, 0.1) is 0 Å². The third-order valence-electron chi connectivity index (χ3n) is 3.96. The Bertz CT molecular complexity index is 214. The van der Waals surface area contributed by atoms with Crippen molar-refractivity contribution in [1.82, 2.24) is 5.32 Å². The van der Waals surface area contributed by atoms with Gasteiger partial charge in [0.1, 0.15) is 0 Å². The Labute approximate surface area is 85.4 Å². The first-order valence-electron chi connectivity index (χ1n) is 5.74. The van der Waals surface area contributed by atoms with Crippen LogP contribution in [0.3, 0.4) is 0 Å². The Balaban J connectivity index is 1.72. The van der Waals surface area contributed by atoms with Crippen LogP contribution >= 0.6 is 0 Å². The fourth-order valence-corrected chi connectivity index (χ4v) is 2.22. The van der Waals surface area contributed by atoms with Gasteiger partial charge < -0.3 is 11.1 Å². The Kier molecular flexibility index (Phi) is 2.77. The number of carbonyl (C=O) groups is 1. The Morgan fingerprint density at radius 1 is 1.36 bits per heavy atom. The van der Waals surface area contributed by atoms with Gasteiger partial charge in [0.15, 0.2) is 0 Å². The third kappa shape index (κ3) is 1.78. The minimum atomic E-state index is 0.249. The molecule has 3 heteroatoms. The summed E-state index contributed by atoms with van der Waals surface area (Å²) in [5.41, 5.74) is 5.98. The van der Waals surface area contributed by atoms with Crippen molar-refractivity contribution in [1.29, 1.82) is 0 Å². The molecule has 0 aliphatic heterocycles. The number of hydrogen-bond donors (Lipinski definition) is 2. The lowest BCUT2D eigenvalue weighted by atomic mass is 9.68. The molecule has 0 aromatic carbocycles. The molecule has 0 heterocycles. The normalized spacial score (nSPS) is 24.9. The summed E-state index contributed by atoms with van der Waals surface area (Å²) >= 11 is 0. The van der Waals surface area contributed by atoms with Crippen LogP contribution in [0.25, 0.3) is 0 Å². The van der Waals surface area contributed by atoms with Gasteiger partial charge in [-0.2, -0.15) is 0 Å². The molecule has 0 unspecified atom stereocenters. The summed E-state index contributed by atoms with van der Waals surface area (Å²) in [6.07, 6.45) is 7.04. The summed E-state index contributed by atoms with van der Waals surface area (Å²) in [5.74, 6) is 0.570. The number of hydrogen-bond acceptors (Lipinski definition) is 2. The first-order valence-corrected chi connectivity index (χ1v) is 5.74. The van der Waals surface area contributed by atoms with Crippen LogP contribution in [0, 0.1) is 11.3 Å². The van der Waals surface area contributed by atoms with Crippen LogP contribution in [-0.2, 0) is 4.79 Å². The van der Waals surface area contributed by atoms with E-state index in [1.165, 1.54) is 25.7 Å². The number of rotatable bonds is 4. The van der Waals surface area contributed by atoms with Gasteiger partial charge in [-0.1, -0.05) is 12.8 Å². The molecule has 2 aliphatic carbocycles. The number of nitrogens with one attached hydrogen (secondary N) is 1. The largest absolute Gasteiger partial charge is 0.355 e. The minimum absolute atomic E-state index is 0.249. The molecular weight excluding hydrogens is 176 g/mol. The van der Waals surface area contributed by atoms with Gasteiger partial charge in [-0.05, 0) is 37.6 Å². The highest BCUT2D eigenvalue weighted by Crippen LogP contribution is 2.39. The Morgan fingerprint density at radius 2 is 2.07 bits per heavy atom. The van der Waals surface area contributed by atoms with E-state index in [0.29, 0.717) is 5.92 Å². The SMILES string of the molecule is NCC1(CNC(=O)C2CCC2)CCC1. The number of amides is 1. The second-order valence-corrected chi connectivity index (χ2v) is 4.90. The van der Waals surface area contributed by atoms with Crippen molar-refractivity contribution in [3.63, 3.8) is 0 Å². The van der Waals surface area contributed by atoms with Gasteiger partial charge in [-0.15, -0.1) is 0 Å². The maximum atomic E-state index is 11.6. The van der Waals surface area contributed by atoms with E-state index in [4.69, 9.17) is 5.73 Å². The van der Waals surface area contributed by atoms with E-state index < -0.39 is 0 Å². The summed E-state index contributed by atoms with van der Waals surface area (Å²) in [5, 5.41) is 3.06. The first kappa shape index (κ1) is 9.97. The fourth-order valence-electron chi connectivity index (χ4n) is 2.22. The van der Waals surface area contributed by atoms with E-state index in [-0.39, 0.29) is 11.3 Å². The van der Waals surface area contributed by atoms with Crippen LogP contribution in [0.15, 0.2) is 0 Å². The van der Waals surface area contributed by atoms with Crippen molar-refractivity contribution in [3.05, 3.63) is 0 Å². The summed E-state index contributed by atoms with van der Waals surface area (Å²) in [6, 6.07) is 0. The van der Waals surface area contributed by atoms with Gasteiger partial charge in [-0.3, -0.25) is 4.79 Å². The zero-order valence-corrected chi connectivity index (χ0v) is 8.72. The van der Waals surface area contributed by atoms with E-state index in [0.717, 1.165) is 25.9 Å². The molecule has 2 aliphatic rings. The molecule has 0 aromatic heterocycles. The third-order valence-corrected chi connectivity index (χ3v) is 3.96. The Hall–Kier alpha value is -0.570. The maximum Gasteiger partial charge on any atom is 0.223 e. The lowest BCUT2D eigenvalue weighted by Gasteiger charge is -2.41. The van der Waals surface area contributed by atoms with Crippen molar-refractivity contribution in [2.45, 2.75) is 38.5 Å². The second-order valence-electron chi connectivity index (χ2n) is 4.90. The van der Waals surface area contributed by atoms with Gasteiger partial charge in [-0.25, -0.2) is 0 Å². The standard InChI is InChI=1S/C11H20N2O/c12-7-11(5-2-6-11)8-13-10(14)9-3-1-4-9/h9H,1-8,12H2,(H,13,14). The van der Waals surface area contributed by atoms with Crippen LogP contribution < -0.4 is 11.1 Å². The molecule has 0 aromatic rings.